The van der Waals surface area contributed by atoms with Crippen LogP contribution in [0.25, 0.3) is 0 Å². The molecule has 1 aliphatic heterocycles. The Bertz CT molecular complexity index is 835. The van der Waals surface area contributed by atoms with Crippen molar-refractivity contribution < 1.29 is 13.2 Å². The zero-order valence-corrected chi connectivity index (χ0v) is 17.8. The molecular weight excluding hydrogens is 362 g/mol. The van der Waals surface area contributed by atoms with Crippen LogP contribution in [0.15, 0.2) is 29.3 Å². The second-order valence-corrected chi connectivity index (χ2v) is 11.1. The Kier molecular flexibility index (Phi) is 5.18. The third-order valence-corrected chi connectivity index (χ3v) is 8.45. The summed E-state index contributed by atoms with van der Waals surface area (Å²) in [5.74, 6) is 1.88. The number of rotatable bonds is 4. The zero-order valence-electron chi connectivity index (χ0n) is 16.9. The van der Waals surface area contributed by atoms with Crippen LogP contribution in [0.1, 0.15) is 39.7 Å². The highest BCUT2D eigenvalue weighted by atomic mass is 32.2. The van der Waals surface area contributed by atoms with Crippen LogP contribution < -0.4 is 10.1 Å². The molecule has 150 valence electrons. The molecule has 0 amide bonds. The topological polar surface area (TPSA) is 71.0 Å². The normalized spacial score (nSPS) is 29.3. The number of para-hydroxylation sites is 1. The van der Waals surface area contributed by atoms with Crippen LogP contribution >= 0.6 is 0 Å². The number of nitrogens with zero attached hydrogens (tertiary/aromatic N) is 2. The summed E-state index contributed by atoms with van der Waals surface area (Å²) in [6.07, 6.45) is 0.992. The summed E-state index contributed by atoms with van der Waals surface area (Å²) >= 11 is 0. The smallest absolute Gasteiger partial charge is 0.194 e. The van der Waals surface area contributed by atoms with E-state index < -0.39 is 14.6 Å². The van der Waals surface area contributed by atoms with Gasteiger partial charge < -0.3 is 15.0 Å². The summed E-state index contributed by atoms with van der Waals surface area (Å²) < 4.78 is 29.4. The van der Waals surface area contributed by atoms with E-state index in [2.05, 4.69) is 28.2 Å². The number of benzene rings is 1. The van der Waals surface area contributed by atoms with Gasteiger partial charge in [-0.2, -0.15) is 0 Å². The SMILES string of the molecule is CCN=C(NC1CC1(C)c1ccccc1OC)N1CCS(=O)(=O)C(C)(C)C1. The van der Waals surface area contributed by atoms with Crippen LogP contribution in [-0.4, -0.2) is 62.6 Å². The second kappa shape index (κ2) is 7.00. The Morgan fingerprint density at radius 1 is 1.33 bits per heavy atom. The number of guanidine groups is 1. The molecule has 1 saturated carbocycles. The van der Waals surface area contributed by atoms with Crippen LogP contribution in [0.4, 0.5) is 0 Å². The molecule has 1 heterocycles. The average molecular weight is 394 g/mol. The maximum Gasteiger partial charge on any atom is 0.194 e. The van der Waals surface area contributed by atoms with Gasteiger partial charge >= 0.3 is 0 Å². The van der Waals surface area contributed by atoms with Crippen molar-refractivity contribution in [2.45, 2.75) is 50.3 Å². The molecule has 2 unspecified atom stereocenters. The molecular formula is C20H31N3O3S. The van der Waals surface area contributed by atoms with Crippen molar-refractivity contribution in [3.63, 3.8) is 0 Å². The van der Waals surface area contributed by atoms with E-state index in [0.29, 0.717) is 19.6 Å². The van der Waals surface area contributed by atoms with Gasteiger partial charge in [-0.1, -0.05) is 25.1 Å². The van der Waals surface area contributed by atoms with Crippen LogP contribution in [0.3, 0.4) is 0 Å². The molecule has 1 aromatic rings. The molecule has 1 N–H and O–H groups in total. The Morgan fingerprint density at radius 3 is 2.67 bits per heavy atom. The molecule has 1 aromatic carbocycles. The van der Waals surface area contributed by atoms with Gasteiger partial charge in [-0.05, 0) is 33.3 Å². The molecule has 1 saturated heterocycles. The highest BCUT2D eigenvalue weighted by Crippen LogP contribution is 2.51. The summed E-state index contributed by atoms with van der Waals surface area (Å²) in [6, 6.07) is 8.39. The molecule has 0 spiro atoms. The second-order valence-electron chi connectivity index (χ2n) is 8.32. The Labute approximate surface area is 162 Å². The van der Waals surface area contributed by atoms with E-state index in [1.165, 1.54) is 5.56 Å². The van der Waals surface area contributed by atoms with Crippen molar-refractivity contribution in [2.24, 2.45) is 4.99 Å². The van der Waals surface area contributed by atoms with Crippen molar-refractivity contribution in [3.8, 4) is 5.75 Å². The van der Waals surface area contributed by atoms with Crippen LogP contribution in [-0.2, 0) is 15.3 Å². The number of nitrogens with one attached hydrogen (secondary N) is 1. The first-order valence-corrected chi connectivity index (χ1v) is 11.2. The Morgan fingerprint density at radius 2 is 2.04 bits per heavy atom. The van der Waals surface area contributed by atoms with Gasteiger partial charge in [0, 0.05) is 36.7 Å². The van der Waals surface area contributed by atoms with Crippen molar-refractivity contribution in [3.05, 3.63) is 29.8 Å². The minimum Gasteiger partial charge on any atom is -0.496 e. The third kappa shape index (κ3) is 3.66. The van der Waals surface area contributed by atoms with E-state index in [9.17, 15) is 8.42 Å². The molecule has 2 aliphatic rings. The summed E-state index contributed by atoms with van der Waals surface area (Å²) in [6.45, 7) is 9.43. The lowest BCUT2D eigenvalue weighted by Gasteiger charge is -2.39. The number of methoxy groups -OCH3 is 1. The molecule has 0 radical (unpaired) electrons. The molecule has 0 aromatic heterocycles. The van der Waals surface area contributed by atoms with E-state index in [0.717, 1.165) is 18.1 Å². The van der Waals surface area contributed by atoms with Gasteiger partial charge in [0.1, 0.15) is 5.75 Å². The minimum absolute atomic E-state index is 0.0154. The number of aliphatic imine (C=N–C) groups is 1. The van der Waals surface area contributed by atoms with Crippen molar-refractivity contribution >= 4 is 15.8 Å². The molecule has 2 atom stereocenters. The van der Waals surface area contributed by atoms with Crippen LogP contribution in [0.5, 0.6) is 5.75 Å². The monoisotopic (exact) mass is 393 g/mol. The Balaban J connectivity index is 1.77. The van der Waals surface area contributed by atoms with Gasteiger partial charge in [-0.25, -0.2) is 8.42 Å². The summed E-state index contributed by atoms with van der Waals surface area (Å²) in [7, 11) is -1.37. The fourth-order valence-corrected chi connectivity index (χ4v) is 5.22. The van der Waals surface area contributed by atoms with E-state index in [1.54, 1.807) is 21.0 Å². The first kappa shape index (κ1) is 20.0. The lowest BCUT2D eigenvalue weighted by atomic mass is 9.96. The average Bonchev–Trinajstić information content (AvgIpc) is 3.28. The van der Waals surface area contributed by atoms with Crippen molar-refractivity contribution in [2.75, 3.05) is 32.5 Å². The third-order valence-electron chi connectivity index (χ3n) is 5.91. The van der Waals surface area contributed by atoms with Crippen LogP contribution in [0.2, 0.25) is 0 Å². The number of hydrogen-bond donors (Lipinski definition) is 1. The first-order valence-electron chi connectivity index (χ1n) is 9.56. The van der Waals surface area contributed by atoms with Gasteiger partial charge in [0.2, 0.25) is 0 Å². The van der Waals surface area contributed by atoms with Crippen molar-refractivity contribution in [1.29, 1.82) is 0 Å². The van der Waals surface area contributed by atoms with E-state index in [1.807, 2.05) is 25.1 Å². The molecule has 0 bridgehead atoms. The molecule has 2 fully saturated rings. The minimum atomic E-state index is -3.07. The molecule has 27 heavy (non-hydrogen) atoms. The predicted molar refractivity (Wildman–Crippen MR) is 109 cm³/mol. The van der Waals surface area contributed by atoms with Gasteiger partial charge in [-0.15, -0.1) is 0 Å². The predicted octanol–water partition coefficient (Wildman–Crippen LogP) is 2.20. The molecule has 3 rings (SSSR count). The number of hydrogen-bond acceptors (Lipinski definition) is 4. The summed E-state index contributed by atoms with van der Waals surface area (Å²) in [5.41, 5.74) is 1.18. The number of ether oxygens (including phenoxy) is 1. The highest BCUT2D eigenvalue weighted by Gasteiger charge is 2.54. The summed E-state index contributed by atoms with van der Waals surface area (Å²) in [5, 5.41) is 3.59. The number of sulfone groups is 1. The van der Waals surface area contributed by atoms with Gasteiger partial charge in [0.15, 0.2) is 15.8 Å². The quantitative estimate of drug-likeness (QED) is 0.627. The fourth-order valence-electron chi connectivity index (χ4n) is 3.86. The van der Waals surface area contributed by atoms with E-state index >= 15 is 0 Å². The largest absolute Gasteiger partial charge is 0.496 e. The standard InChI is InChI=1S/C20H31N3O3S/c1-6-21-18(23-11-12-27(24,25)19(2,3)14-23)22-17-13-20(17,4)15-9-7-8-10-16(15)26-5/h7-10,17H,6,11-14H2,1-5H3,(H,21,22). The molecule has 6 nitrogen and oxygen atoms in total. The maximum atomic E-state index is 12.3. The lowest BCUT2D eigenvalue weighted by Crippen LogP contribution is -2.57. The van der Waals surface area contributed by atoms with E-state index in [-0.39, 0.29) is 17.2 Å². The fraction of sp³-hybridized carbons (Fsp3) is 0.650. The van der Waals surface area contributed by atoms with Gasteiger partial charge in [-0.3, -0.25) is 4.99 Å². The zero-order chi connectivity index (χ0) is 19.9. The van der Waals surface area contributed by atoms with E-state index in [4.69, 9.17) is 4.74 Å². The lowest BCUT2D eigenvalue weighted by molar-refractivity contribution is 0.351. The molecule has 1 aliphatic carbocycles. The first-order chi connectivity index (χ1) is 12.6. The maximum absolute atomic E-state index is 12.3. The van der Waals surface area contributed by atoms with Crippen molar-refractivity contribution in [1.82, 2.24) is 10.2 Å². The molecule has 7 heteroatoms. The highest BCUT2D eigenvalue weighted by molar-refractivity contribution is 7.92. The Hall–Kier alpha value is -1.76. The van der Waals surface area contributed by atoms with Crippen LogP contribution in [0, 0.1) is 0 Å². The summed E-state index contributed by atoms with van der Waals surface area (Å²) in [4.78, 5) is 6.74. The van der Waals surface area contributed by atoms with Gasteiger partial charge in [0.25, 0.3) is 0 Å². The van der Waals surface area contributed by atoms with Gasteiger partial charge in [0.05, 0.1) is 17.6 Å².